The summed E-state index contributed by atoms with van der Waals surface area (Å²) in [7, 11) is 0. The summed E-state index contributed by atoms with van der Waals surface area (Å²) in [5, 5.41) is 0.238. The van der Waals surface area contributed by atoms with E-state index in [2.05, 4.69) is 9.97 Å². The van der Waals surface area contributed by atoms with Gasteiger partial charge in [-0.15, -0.1) is 0 Å². The molecule has 2 atom stereocenters. The van der Waals surface area contributed by atoms with E-state index >= 15 is 0 Å². The number of benzene rings is 1. The standard InChI is InChI=1S/C13H15F3.C9H7N3O2.C2H6/c1-8-11(5-6-12(15)13(8)16)9-3-2-4-10(14)7-9;10-9(14)8-7-5(1-3-12-8)11-4-2-6(7)13;1-2/h5-6,9-10H,2-4,7H2,1H3;1-4H,(H2,10,14)(H,11,13);1-2H3/t9-,10?;;/m1../s1. The zero-order chi connectivity index (χ0) is 23.8. The summed E-state index contributed by atoms with van der Waals surface area (Å²) in [6, 6.07) is 5.68. The maximum atomic E-state index is 13.4. The van der Waals surface area contributed by atoms with Crippen LogP contribution in [0.25, 0.3) is 10.9 Å². The highest BCUT2D eigenvalue weighted by Crippen LogP contribution is 2.36. The number of carbonyl (C=O) groups excluding carboxylic acids is 1. The van der Waals surface area contributed by atoms with Gasteiger partial charge >= 0.3 is 0 Å². The molecule has 3 aromatic rings. The fraction of sp³-hybridized carbons (Fsp3) is 0.375. The molecule has 1 aliphatic rings. The Labute approximate surface area is 184 Å². The first-order valence-corrected chi connectivity index (χ1v) is 10.6. The molecule has 0 bridgehead atoms. The fourth-order valence-corrected chi connectivity index (χ4v) is 3.83. The maximum absolute atomic E-state index is 13.4. The average Bonchev–Trinajstić information content (AvgIpc) is 2.79. The minimum atomic E-state index is -0.825. The number of fused-ring (bicyclic) bond motifs is 1. The van der Waals surface area contributed by atoms with Gasteiger partial charge in [-0.2, -0.15) is 0 Å². The van der Waals surface area contributed by atoms with Crippen LogP contribution >= 0.6 is 0 Å². The average molecular weight is 448 g/mol. The molecule has 1 amide bonds. The van der Waals surface area contributed by atoms with Crippen molar-refractivity contribution in [2.45, 2.75) is 58.5 Å². The SMILES string of the molecule is CC.Cc1c([C@@H]2CCCC(F)C2)ccc(F)c1F.NC(=O)c1nccc2[nH]ccc(=O)c12. The van der Waals surface area contributed by atoms with Crippen LogP contribution in [0, 0.1) is 18.6 Å². The number of H-pyrrole nitrogens is 1. The highest BCUT2D eigenvalue weighted by Gasteiger charge is 2.25. The van der Waals surface area contributed by atoms with Crippen molar-refractivity contribution in [3.63, 3.8) is 0 Å². The van der Waals surface area contributed by atoms with Crippen molar-refractivity contribution in [1.29, 1.82) is 0 Å². The molecular formula is C24H28F3N3O2. The number of carbonyl (C=O) groups is 1. The number of aromatic amines is 1. The van der Waals surface area contributed by atoms with Crippen molar-refractivity contribution < 1.29 is 18.0 Å². The van der Waals surface area contributed by atoms with Crippen LogP contribution in [0.5, 0.6) is 0 Å². The Balaban J connectivity index is 0.000000212. The Morgan fingerprint density at radius 2 is 1.88 bits per heavy atom. The number of hydrogen-bond acceptors (Lipinski definition) is 3. The molecule has 4 rings (SSSR count). The van der Waals surface area contributed by atoms with E-state index in [-0.39, 0.29) is 22.4 Å². The molecule has 1 aliphatic carbocycles. The summed E-state index contributed by atoms with van der Waals surface area (Å²) in [4.78, 5) is 29.0. The lowest BCUT2D eigenvalue weighted by Crippen LogP contribution is -2.17. The molecule has 0 saturated heterocycles. The molecule has 0 radical (unpaired) electrons. The van der Waals surface area contributed by atoms with Crippen molar-refractivity contribution in [1.82, 2.24) is 9.97 Å². The number of primary amides is 1. The minimum absolute atomic E-state index is 0.00403. The molecule has 3 N–H and O–H groups in total. The van der Waals surface area contributed by atoms with Gasteiger partial charge in [0.25, 0.3) is 5.91 Å². The number of halogens is 3. The van der Waals surface area contributed by atoms with Crippen molar-refractivity contribution >= 4 is 16.8 Å². The van der Waals surface area contributed by atoms with Gasteiger partial charge in [0.05, 0.1) is 10.9 Å². The van der Waals surface area contributed by atoms with Crippen LogP contribution in [0.3, 0.4) is 0 Å². The van der Waals surface area contributed by atoms with Crippen LogP contribution in [0.2, 0.25) is 0 Å². The molecule has 32 heavy (non-hydrogen) atoms. The molecule has 2 heterocycles. The van der Waals surface area contributed by atoms with Crippen LogP contribution < -0.4 is 11.2 Å². The summed E-state index contributed by atoms with van der Waals surface area (Å²) in [6.07, 6.45) is 4.86. The van der Waals surface area contributed by atoms with Gasteiger partial charge in [-0.1, -0.05) is 19.9 Å². The second-order valence-electron chi connectivity index (χ2n) is 7.32. The van der Waals surface area contributed by atoms with E-state index in [0.29, 0.717) is 23.9 Å². The highest BCUT2D eigenvalue weighted by molar-refractivity contribution is 6.03. The Morgan fingerprint density at radius 3 is 2.53 bits per heavy atom. The number of nitrogens with zero attached hydrogens (tertiary/aromatic N) is 1. The summed E-state index contributed by atoms with van der Waals surface area (Å²) >= 11 is 0. The van der Waals surface area contributed by atoms with Crippen LogP contribution in [-0.2, 0) is 0 Å². The van der Waals surface area contributed by atoms with E-state index in [9.17, 15) is 22.8 Å². The summed E-state index contributed by atoms with van der Waals surface area (Å²) < 4.78 is 39.6. The van der Waals surface area contributed by atoms with E-state index in [1.54, 1.807) is 19.1 Å². The number of amides is 1. The molecule has 0 spiro atoms. The topological polar surface area (TPSA) is 88.8 Å². The molecular weight excluding hydrogens is 419 g/mol. The number of rotatable bonds is 2. The number of aromatic nitrogens is 2. The second-order valence-corrected chi connectivity index (χ2v) is 7.32. The quantitative estimate of drug-likeness (QED) is 0.557. The second kappa shape index (κ2) is 11.5. The monoisotopic (exact) mass is 447 g/mol. The molecule has 1 unspecified atom stereocenters. The van der Waals surface area contributed by atoms with Crippen LogP contribution in [0.4, 0.5) is 13.2 Å². The normalized spacial score (nSPS) is 17.6. The first-order valence-electron chi connectivity index (χ1n) is 10.6. The van der Waals surface area contributed by atoms with E-state index in [4.69, 9.17) is 5.73 Å². The molecule has 0 aliphatic heterocycles. The fourth-order valence-electron chi connectivity index (χ4n) is 3.83. The lowest BCUT2D eigenvalue weighted by molar-refractivity contribution is 0.0997. The van der Waals surface area contributed by atoms with Gasteiger partial charge < -0.3 is 10.7 Å². The highest BCUT2D eigenvalue weighted by atomic mass is 19.2. The molecule has 5 nitrogen and oxygen atoms in total. The number of nitrogens with one attached hydrogen (secondary N) is 1. The Morgan fingerprint density at radius 1 is 1.16 bits per heavy atom. The summed E-state index contributed by atoms with van der Waals surface area (Å²) in [6.45, 7) is 5.57. The van der Waals surface area contributed by atoms with Crippen molar-refractivity contribution in [2.24, 2.45) is 5.73 Å². The number of pyridine rings is 2. The van der Waals surface area contributed by atoms with Gasteiger partial charge in [-0.3, -0.25) is 14.6 Å². The number of alkyl halides is 1. The molecule has 172 valence electrons. The smallest absolute Gasteiger partial charge is 0.268 e. The lowest BCUT2D eigenvalue weighted by Gasteiger charge is -2.26. The molecule has 1 fully saturated rings. The molecule has 1 saturated carbocycles. The first kappa shape index (κ1) is 25.1. The van der Waals surface area contributed by atoms with Gasteiger partial charge in [-0.05, 0) is 61.8 Å². The maximum Gasteiger partial charge on any atom is 0.268 e. The predicted molar refractivity (Wildman–Crippen MR) is 119 cm³/mol. The number of hydrogen-bond donors (Lipinski definition) is 2. The van der Waals surface area contributed by atoms with Gasteiger partial charge in [0.2, 0.25) is 0 Å². The van der Waals surface area contributed by atoms with Crippen LogP contribution in [0.15, 0.2) is 41.5 Å². The van der Waals surface area contributed by atoms with Crippen molar-refractivity contribution in [2.75, 3.05) is 0 Å². The van der Waals surface area contributed by atoms with Gasteiger partial charge in [0.1, 0.15) is 11.9 Å². The van der Waals surface area contributed by atoms with E-state index in [0.717, 1.165) is 24.5 Å². The van der Waals surface area contributed by atoms with Gasteiger partial charge in [-0.25, -0.2) is 13.2 Å². The Hall–Kier alpha value is -3.16. The van der Waals surface area contributed by atoms with Gasteiger partial charge in [0, 0.05) is 18.5 Å². The van der Waals surface area contributed by atoms with E-state index in [1.807, 2.05) is 13.8 Å². The third kappa shape index (κ3) is 5.75. The Kier molecular flexibility index (Phi) is 8.99. The van der Waals surface area contributed by atoms with E-state index in [1.165, 1.54) is 18.5 Å². The zero-order valence-corrected chi connectivity index (χ0v) is 18.4. The van der Waals surface area contributed by atoms with Crippen molar-refractivity contribution in [3.05, 3.63) is 75.3 Å². The molecule has 1 aromatic carbocycles. The summed E-state index contributed by atoms with van der Waals surface area (Å²) in [5.41, 5.74) is 6.49. The van der Waals surface area contributed by atoms with Crippen molar-refractivity contribution in [3.8, 4) is 0 Å². The van der Waals surface area contributed by atoms with Crippen LogP contribution in [-0.4, -0.2) is 22.0 Å². The molecule has 2 aromatic heterocycles. The van der Waals surface area contributed by atoms with E-state index < -0.39 is 23.7 Å². The largest absolute Gasteiger partial charge is 0.364 e. The van der Waals surface area contributed by atoms with Crippen LogP contribution in [0.1, 0.15) is 67.1 Å². The molecule has 8 heteroatoms. The first-order chi connectivity index (χ1) is 15.3. The predicted octanol–water partition coefficient (Wildman–Crippen LogP) is 5.32. The lowest BCUT2D eigenvalue weighted by atomic mass is 9.81. The minimum Gasteiger partial charge on any atom is -0.364 e. The zero-order valence-electron chi connectivity index (χ0n) is 18.4. The third-order valence-electron chi connectivity index (χ3n) is 5.34. The Bertz CT molecular complexity index is 1130. The third-order valence-corrected chi connectivity index (χ3v) is 5.34. The summed E-state index contributed by atoms with van der Waals surface area (Å²) in [5.74, 6) is -2.28. The number of nitrogens with two attached hydrogens (primary N) is 1. The van der Waals surface area contributed by atoms with Gasteiger partial charge in [0.15, 0.2) is 17.1 Å².